The van der Waals surface area contributed by atoms with Crippen LogP contribution in [-0.2, 0) is 6.54 Å². The van der Waals surface area contributed by atoms with Gasteiger partial charge in [0.1, 0.15) is 5.82 Å². The second-order valence-electron chi connectivity index (χ2n) is 7.83. The Morgan fingerprint density at radius 2 is 1.80 bits per heavy atom. The predicted octanol–water partition coefficient (Wildman–Crippen LogP) is 3.78. The summed E-state index contributed by atoms with van der Waals surface area (Å²) in [5.41, 5.74) is 3.61. The summed E-state index contributed by atoms with van der Waals surface area (Å²) in [4.78, 5) is 11.9. The smallest absolute Gasteiger partial charge is 0.131 e. The summed E-state index contributed by atoms with van der Waals surface area (Å²) in [6.45, 7) is 7.35. The molecule has 1 saturated heterocycles. The Kier molecular flexibility index (Phi) is 4.84. The molecule has 1 atom stereocenters. The monoisotopic (exact) mass is 339 g/mol. The Hall–Kier alpha value is -1.75. The van der Waals surface area contributed by atoms with Gasteiger partial charge in [-0.2, -0.15) is 5.10 Å². The largest absolute Gasteiger partial charge is 0.297 e. The normalized spacial score (nSPS) is 22.6. The van der Waals surface area contributed by atoms with Gasteiger partial charge in [0.2, 0.25) is 0 Å². The highest BCUT2D eigenvalue weighted by molar-refractivity contribution is 5.10. The number of rotatable bonds is 4. The summed E-state index contributed by atoms with van der Waals surface area (Å²) in [6, 6.07) is 2.66. The first-order valence-corrected chi connectivity index (χ1v) is 9.75. The minimum Gasteiger partial charge on any atom is -0.297 e. The fourth-order valence-corrected chi connectivity index (χ4v) is 4.45. The number of aromatic nitrogens is 4. The van der Waals surface area contributed by atoms with Crippen molar-refractivity contribution in [3.8, 4) is 0 Å². The van der Waals surface area contributed by atoms with Crippen LogP contribution in [0.4, 0.5) is 0 Å². The van der Waals surface area contributed by atoms with Gasteiger partial charge in [0.15, 0.2) is 0 Å². The molecule has 0 N–H and O–H groups in total. The first-order valence-electron chi connectivity index (χ1n) is 9.75. The first kappa shape index (κ1) is 16.7. The lowest BCUT2D eigenvalue weighted by molar-refractivity contribution is 0.309. The van der Waals surface area contributed by atoms with Crippen LogP contribution in [0.5, 0.6) is 0 Å². The van der Waals surface area contributed by atoms with Gasteiger partial charge in [-0.15, -0.1) is 0 Å². The van der Waals surface area contributed by atoms with Crippen LogP contribution >= 0.6 is 0 Å². The van der Waals surface area contributed by atoms with Crippen LogP contribution < -0.4 is 0 Å². The molecular formula is C20H29N5. The maximum Gasteiger partial charge on any atom is 0.131 e. The zero-order chi connectivity index (χ0) is 17.2. The molecular weight excluding hydrogens is 310 g/mol. The Labute approximate surface area is 150 Å². The third-order valence-electron chi connectivity index (χ3n) is 5.74. The maximum absolute atomic E-state index is 4.68. The quantitative estimate of drug-likeness (QED) is 0.850. The van der Waals surface area contributed by atoms with Crippen LogP contribution in [0.1, 0.15) is 73.3 Å². The van der Waals surface area contributed by atoms with Crippen molar-refractivity contribution in [2.24, 2.45) is 0 Å². The molecule has 5 heteroatoms. The third-order valence-corrected chi connectivity index (χ3v) is 5.74. The van der Waals surface area contributed by atoms with Crippen LogP contribution in [0.25, 0.3) is 0 Å². The number of aryl methyl sites for hydroxylation is 2. The van der Waals surface area contributed by atoms with Crippen molar-refractivity contribution in [3.05, 3.63) is 41.2 Å². The average Bonchev–Trinajstić information content (AvgIpc) is 3.22. The molecule has 2 fully saturated rings. The first-order chi connectivity index (χ1) is 12.2. The van der Waals surface area contributed by atoms with Gasteiger partial charge in [-0.25, -0.2) is 9.97 Å². The molecule has 1 saturated carbocycles. The molecule has 3 heterocycles. The standard InChI is InChI=1S/C20H29N5/c1-15-10-16(2)25(23-15)19-8-9-24(14-19)13-17-11-21-20(22-12-17)18-6-4-3-5-7-18/h10-12,18-19H,3-9,13-14H2,1-2H3/t19-/m0/s1. The van der Waals surface area contributed by atoms with E-state index in [0.717, 1.165) is 31.2 Å². The summed E-state index contributed by atoms with van der Waals surface area (Å²) >= 11 is 0. The second-order valence-corrected chi connectivity index (χ2v) is 7.83. The van der Waals surface area contributed by atoms with Crippen LogP contribution in [-0.4, -0.2) is 37.7 Å². The molecule has 134 valence electrons. The predicted molar refractivity (Wildman–Crippen MR) is 98.5 cm³/mol. The Morgan fingerprint density at radius 3 is 2.48 bits per heavy atom. The lowest BCUT2D eigenvalue weighted by Crippen LogP contribution is -2.22. The van der Waals surface area contributed by atoms with Crippen LogP contribution in [0.3, 0.4) is 0 Å². The molecule has 2 aromatic heterocycles. The molecule has 5 nitrogen and oxygen atoms in total. The molecule has 0 unspecified atom stereocenters. The highest BCUT2D eigenvalue weighted by Gasteiger charge is 2.26. The lowest BCUT2D eigenvalue weighted by Gasteiger charge is -2.20. The summed E-state index contributed by atoms with van der Waals surface area (Å²) in [5, 5.41) is 4.66. The molecule has 2 aliphatic rings. The van der Waals surface area contributed by atoms with Crippen molar-refractivity contribution >= 4 is 0 Å². The van der Waals surface area contributed by atoms with Gasteiger partial charge < -0.3 is 0 Å². The van der Waals surface area contributed by atoms with Gasteiger partial charge in [-0.1, -0.05) is 19.3 Å². The van der Waals surface area contributed by atoms with Gasteiger partial charge in [0.25, 0.3) is 0 Å². The average molecular weight is 339 g/mol. The second kappa shape index (κ2) is 7.24. The zero-order valence-corrected chi connectivity index (χ0v) is 15.5. The Balaban J connectivity index is 1.35. The van der Waals surface area contributed by atoms with E-state index in [2.05, 4.69) is 44.6 Å². The van der Waals surface area contributed by atoms with Gasteiger partial charge in [-0.3, -0.25) is 9.58 Å². The zero-order valence-electron chi connectivity index (χ0n) is 15.5. The fourth-order valence-electron chi connectivity index (χ4n) is 4.45. The van der Waals surface area contributed by atoms with Gasteiger partial charge >= 0.3 is 0 Å². The highest BCUT2D eigenvalue weighted by atomic mass is 15.3. The van der Waals surface area contributed by atoms with E-state index in [1.165, 1.54) is 49.8 Å². The van der Waals surface area contributed by atoms with E-state index in [9.17, 15) is 0 Å². The summed E-state index contributed by atoms with van der Waals surface area (Å²) < 4.78 is 2.21. The van der Waals surface area contributed by atoms with Crippen molar-refractivity contribution in [2.75, 3.05) is 13.1 Å². The highest BCUT2D eigenvalue weighted by Crippen LogP contribution is 2.30. The topological polar surface area (TPSA) is 46.8 Å². The van der Waals surface area contributed by atoms with Crippen molar-refractivity contribution in [3.63, 3.8) is 0 Å². The van der Waals surface area contributed by atoms with Crippen molar-refractivity contribution < 1.29 is 0 Å². The molecule has 25 heavy (non-hydrogen) atoms. The molecule has 1 aliphatic heterocycles. The molecule has 1 aliphatic carbocycles. The van der Waals surface area contributed by atoms with E-state index in [4.69, 9.17) is 0 Å². The number of hydrogen-bond donors (Lipinski definition) is 0. The SMILES string of the molecule is Cc1cc(C)n([C@H]2CCN(Cc3cnc(C4CCCCC4)nc3)C2)n1. The number of likely N-dealkylation sites (tertiary alicyclic amines) is 1. The molecule has 0 radical (unpaired) electrons. The number of hydrogen-bond acceptors (Lipinski definition) is 4. The van der Waals surface area contributed by atoms with Crippen molar-refractivity contribution in [1.29, 1.82) is 0 Å². The van der Waals surface area contributed by atoms with E-state index in [-0.39, 0.29) is 0 Å². The van der Waals surface area contributed by atoms with Crippen molar-refractivity contribution in [1.82, 2.24) is 24.6 Å². The number of nitrogens with zero attached hydrogens (tertiary/aromatic N) is 5. The van der Waals surface area contributed by atoms with Crippen molar-refractivity contribution in [2.45, 2.75) is 70.9 Å². The van der Waals surface area contributed by atoms with E-state index < -0.39 is 0 Å². The van der Waals surface area contributed by atoms with Gasteiger partial charge in [0.05, 0.1) is 11.7 Å². The molecule has 0 spiro atoms. The van der Waals surface area contributed by atoms with Gasteiger partial charge in [0, 0.05) is 49.2 Å². The molecule has 4 rings (SSSR count). The van der Waals surface area contributed by atoms with E-state index >= 15 is 0 Å². The molecule has 0 bridgehead atoms. The van der Waals surface area contributed by atoms with Crippen LogP contribution in [0.15, 0.2) is 18.5 Å². The maximum atomic E-state index is 4.68. The third kappa shape index (κ3) is 3.76. The molecule has 0 aromatic carbocycles. The van der Waals surface area contributed by atoms with Crippen LogP contribution in [0.2, 0.25) is 0 Å². The minimum absolute atomic E-state index is 0.496. The van der Waals surface area contributed by atoms with Gasteiger partial charge in [-0.05, 0) is 39.2 Å². The van der Waals surface area contributed by atoms with E-state index in [1.807, 2.05) is 12.4 Å². The molecule has 0 amide bonds. The summed E-state index contributed by atoms with van der Waals surface area (Å²) in [6.07, 6.45) is 11.8. The Bertz CT molecular complexity index is 699. The summed E-state index contributed by atoms with van der Waals surface area (Å²) in [7, 11) is 0. The van der Waals surface area contributed by atoms with E-state index in [0.29, 0.717) is 12.0 Å². The fraction of sp³-hybridized carbons (Fsp3) is 0.650. The minimum atomic E-state index is 0.496. The Morgan fingerprint density at radius 1 is 1.04 bits per heavy atom. The van der Waals surface area contributed by atoms with Crippen LogP contribution in [0, 0.1) is 13.8 Å². The van der Waals surface area contributed by atoms with E-state index in [1.54, 1.807) is 0 Å². The summed E-state index contributed by atoms with van der Waals surface area (Å²) in [5.74, 6) is 1.65. The molecule has 2 aromatic rings. The lowest BCUT2D eigenvalue weighted by atomic mass is 9.89.